The number of hydrogen-bond donors (Lipinski definition) is 3. The van der Waals surface area contributed by atoms with E-state index in [1.165, 1.54) is 12.1 Å². The van der Waals surface area contributed by atoms with Crippen molar-refractivity contribution in [2.75, 3.05) is 12.0 Å². The summed E-state index contributed by atoms with van der Waals surface area (Å²) >= 11 is 1.57. The lowest BCUT2D eigenvalue weighted by atomic mass is 9.98. The van der Waals surface area contributed by atoms with E-state index in [4.69, 9.17) is 4.74 Å². The molecule has 3 amide bonds. The second-order valence-electron chi connectivity index (χ2n) is 10.2. The molecule has 4 atom stereocenters. The van der Waals surface area contributed by atoms with E-state index in [2.05, 4.69) is 10.6 Å². The van der Waals surface area contributed by atoms with Gasteiger partial charge in [0.1, 0.15) is 23.4 Å². The standard InChI is InChI=1S/C27H45N3O5S/c1-9-12-18(3)28-24(32)23(20-13-11-14-21(31)17-20)30(19(4)10-2)25(33)22(15-16-36-8)29-26(34)35-27(5,6)7/h11,13-14,17-19,22-23,31H,9-10,12,15-16H2,1-8H3,(H,28,32)(H,29,34). The summed E-state index contributed by atoms with van der Waals surface area (Å²) in [4.78, 5) is 41.9. The summed E-state index contributed by atoms with van der Waals surface area (Å²) in [6, 6.07) is 4.18. The van der Waals surface area contributed by atoms with Crippen LogP contribution in [0.15, 0.2) is 24.3 Å². The number of rotatable bonds is 13. The summed E-state index contributed by atoms with van der Waals surface area (Å²) in [6.45, 7) is 13.1. The minimum atomic E-state index is -0.976. The lowest BCUT2D eigenvalue weighted by Gasteiger charge is -2.38. The van der Waals surface area contributed by atoms with Crippen LogP contribution in [-0.4, -0.2) is 63.6 Å². The van der Waals surface area contributed by atoms with Crippen molar-refractivity contribution in [3.8, 4) is 5.75 Å². The molecule has 0 aliphatic rings. The molecule has 4 unspecified atom stereocenters. The van der Waals surface area contributed by atoms with Crippen LogP contribution in [0.5, 0.6) is 5.75 Å². The van der Waals surface area contributed by atoms with E-state index >= 15 is 0 Å². The van der Waals surface area contributed by atoms with Crippen molar-refractivity contribution in [1.82, 2.24) is 15.5 Å². The molecule has 0 bridgehead atoms. The molecule has 0 aliphatic heterocycles. The number of benzene rings is 1. The van der Waals surface area contributed by atoms with Gasteiger partial charge >= 0.3 is 6.09 Å². The molecule has 1 aromatic carbocycles. The van der Waals surface area contributed by atoms with Crippen molar-refractivity contribution in [1.29, 1.82) is 0 Å². The normalized spacial score (nSPS) is 14.8. The van der Waals surface area contributed by atoms with Crippen molar-refractivity contribution in [3.63, 3.8) is 0 Å². The number of nitrogens with zero attached hydrogens (tertiary/aromatic N) is 1. The van der Waals surface area contributed by atoms with E-state index in [1.54, 1.807) is 49.6 Å². The van der Waals surface area contributed by atoms with Crippen LogP contribution in [0, 0.1) is 0 Å². The summed E-state index contributed by atoms with van der Waals surface area (Å²) in [5, 5.41) is 15.9. The first-order valence-electron chi connectivity index (χ1n) is 12.7. The zero-order chi connectivity index (χ0) is 27.5. The molecule has 0 saturated heterocycles. The SMILES string of the molecule is CCCC(C)NC(=O)C(c1cccc(O)c1)N(C(=O)C(CCSC)NC(=O)OC(C)(C)C)C(C)CC. The van der Waals surface area contributed by atoms with Crippen LogP contribution in [0.1, 0.15) is 85.8 Å². The summed E-state index contributed by atoms with van der Waals surface area (Å²) in [5.41, 5.74) is -0.210. The number of phenolic OH excluding ortho intramolecular Hbond substituents is 1. The first kappa shape index (κ1) is 31.6. The van der Waals surface area contributed by atoms with Crippen LogP contribution in [-0.2, 0) is 14.3 Å². The minimum Gasteiger partial charge on any atom is -0.508 e. The number of carbonyl (C=O) groups excluding carboxylic acids is 3. The fourth-order valence-corrected chi connectivity index (χ4v) is 4.35. The molecule has 1 aromatic rings. The molecule has 0 aromatic heterocycles. The smallest absolute Gasteiger partial charge is 0.408 e. The Labute approximate surface area is 220 Å². The van der Waals surface area contributed by atoms with Gasteiger partial charge in [-0.1, -0.05) is 32.4 Å². The first-order chi connectivity index (χ1) is 16.8. The van der Waals surface area contributed by atoms with Crippen molar-refractivity contribution < 1.29 is 24.2 Å². The molecule has 0 spiro atoms. The van der Waals surface area contributed by atoms with E-state index in [0.717, 1.165) is 12.8 Å². The second-order valence-corrected chi connectivity index (χ2v) is 11.2. The van der Waals surface area contributed by atoms with E-state index in [-0.39, 0.29) is 29.6 Å². The minimum absolute atomic E-state index is 0.00858. The van der Waals surface area contributed by atoms with Gasteiger partial charge in [-0.2, -0.15) is 11.8 Å². The average molecular weight is 524 g/mol. The first-order valence-corrected chi connectivity index (χ1v) is 14.1. The maximum Gasteiger partial charge on any atom is 0.408 e. The van der Waals surface area contributed by atoms with Gasteiger partial charge in [-0.15, -0.1) is 0 Å². The van der Waals surface area contributed by atoms with Crippen LogP contribution < -0.4 is 10.6 Å². The van der Waals surface area contributed by atoms with Gasteiger partial charge in [-0.05, 0) is 83.6 Å². The number of nitrogens with one attached hydrogen (secondary N) is 2. The van der Waals surface area contributed by atoms with Crippen LogP contribution in [0.4, 0.5) is 4.79 Å². The monoisotopic (exact) mass is 523 g/mol. The molecular formula is C27H45N3O5S. The predicted molar refractivity (Wildman–Crippen MR) is 146 cm³/mol. The van der Waals surface area contributed by atoms with E-state index in [9.17, 15) is 19.5 Å². The molecule has 0 fully saturated rings. The van der Waals surface area contributed by atoms with Crippen molar-refractivity contribution in [3.05, 3.63) is 29.8 Å². The summed E-state index contributed by atoms with van der Waals surface area (Å²) in [7, 11) is 0. The largest absolute Gasteiger partial charge is 0.508 e. The van der Waals surface area contributed by atoms with Gasteiger partial charge in [0.05, 0.1) is 0 Å². The Morgan fingerprint density at radius 2 is 1.78 bits per heavy atom. The van der Waals surface area contributed by atoms with Gasteiger partial charge in [0.25, 0.3) is 0 Å². The maximum atomic E-state index is 14.1. The third-order valence-corrected chi connectivity index (χ3v) is 6.39. The highest BCUT2D eigenvalue weighted by atomic mass is 32.2. The van der Waals surface area contributed by atoms with E-state index < -0.39 is 23.8 Å². The Morgan fingerprint density at radius 3 is 2.31 bits per heavy atom. The fourth-order valence-electron chi connectivity index (χ4n) is 3.88. The zero-order valence-electron chi connectivity index (χ0n) is 23.1. The molecule has 0 aliphatic carbocycles. The predicted octanol–water partition coefficient (Wildman–Crippen LogP) is 5.01. The molecule has 3 N–H and O–H groups in total. The lowest BCUT2D eigenvalue weighted by molar-refractivity contribution is -0.145. The number of alkyl carbamates (subject to hydrolysis) is 1. The van der Waals surface area contributed by atoms with Gasteiger partial charge < -0.3 is 25.4 Å². The highest BCUT2D eigenvalue weighted by molar-refractivity contribution is 7.98. The Kier molecular flexibility index (Phi) is 13.1. The van der Waals surface area contributed by atoms with Crippen LogP contribution >= 0.6 is 11.8 Å². The molecular weight excluding hydrogens is 478 g/mol. The molecule has 0 radical (unpaired) electrons. The van der Waals surface area contributed by atoms with Gasteiger partial charge in [0, 0.05) is 12.1 Å². The van der Waals surface area contributed by atoms with Crippen molar-refractivity contribution in [2.45, 2.75) is 104 Å². The van der Waals surface area contributed by atoms with Gasteiger partial charge in [-0.3, -0.25) is 9.59 Å². The molecule has 204 valence electrons. The molecule has 0 saturated carbocycles. The topological polar surface area (TPSA) is 108 Å². The van der Waals surface area contributed by atoms with Gasteiger partial charge in [0.15, 0.2) is 0 Å². The fraction of sp³-hybridized carbons (Fsp3) is 0.667. The zero-order valence-corrected chi connectivity index (χ0v) is 23.9. The molecule has 0 heterocycles. The third-order valence-electron chi connectivity index (χ3n) is 5.74. The number of ether oxygens (including phenoxy) is 1. The molecule has 8 nitrogen and oxygen atoms in total. The number of carbonyl (C=O) groups is 3. The number of thioether (sulfide) groups is 1. The quantitative estimate of drug-likeness (QED) is 0.335. The van der Waals surface area contributed by atoms with E-state index in [1.807, 2.05) is 34.0 Å². The van der Waals surface area contributed by atoms with E-state index in [0.29, 0.717) is 24.2 Å². The van der Waals surface area contributed by atoms with Crippen LogP contribution in [0.3, 0.4) is 0 Å². The summed E-state index contributed by atoms with van der Waals surface area (Å²) in [5.74, 6) is -0.0434. The summed E-state index contributed by atoms with van der Waals surface area (Å²) in [6.07, 6.45) is 3.93. The molecule has 36 heavy (non-hydrogen) atoms. The van der Waals surface area contributed by atoms with Gasteiger partial charge in [-0.25, -0.2) is 4.79 Å². The Morgan fingerprint density at radius 1 is 1.11 bits per heavy atom. The van der Waals surface area contributed by atoms with Crippen molar-refractivity contribution >= 4 is 29.7 Å². The third kappa shape index (κ3) is 10.3. The maximum absolute atomic E-state index is 14.1. The van der Waals surface area contributed by atoms with Gasteiger partial charge in [0.2, 0.25) is 11.8 Å². The second kappa shape index (κ2) is 15.0. The Hall–Kier alpha value is -2.42. The number of hydrogen-bond acceptors (Lipinski definition) is 6. The number of phenols is 1. The van der Waals surface area contributed by atoms with Crippen molar-refractivity contribution in [2.24, 2.45) is 0 Å². The highest BCUT2D eigenvalue weighted by Gasteiger charge is 2.38. The van der Waals surface area contributed by atoms with Crippen LogP contribution in [0.2, 0.25) is 0 Å². The van der Waals surface area contributed by atoms with Crippen LogP contribution in [0.25, 0.3) is 0 Å². The number of amides is 3. The average Bonchev–Trinajstić information content (AvgIpc) is 2.77. The molecule has 9 heteroatoms. The number of aromatic hydroxyl groups is 1. The Bertz CT molecular complexity index is 858. The molecule has 1 rings (SSSR count). The highest BCUT2D eigenvalue weighted by Crippen LogP contribution is 2.29. The summed E-state index contributed by atoms with van der Waals surface area (Å²) < 4.78 is 5.41. The Balaban J connectivity index is 3.50. The lowest BCUT2D eigenvalue weighted by Crippen LogP contribution is -2.56.